The summed E-state index contributed by atoms with van der Waals surface area (Å²) in [6.45, 7) is 2.95. The highest BCUT2D eigenvalue weighted by atomic mass is 16.5. The Morgan fingerprint density at radius 2 is 2.47 bits per heavy atom. The van der Waals surface area contributed by atoms with E-state index in [4.69, 9.17) is 4.74 Å². The first-order valence-corrected chi connectivity index (χ1v) is 5.90. The zero-order valence-corrected chi connectivity index (χ0v) is 10.1. The number of ether oxygens (including phenoxy) is 1. The second kappa shape index (κ2) is 5.95. The van der Waals surface area contributed by atoms with E-state index < -0.39 is 0 Å². The van der Waals surface area contributed by atoms with Crippen molar-refractivity contribution in [3.05, 3.63) is 23.9 Å². The summed E-state index contributed by atoms with van der Waals surface area (Å²) in [4.78, 5) is 6.54. The number of rotatable bonds is 4. The molecule has 1 unspecified atom stereocenters. The molecule has 0 amide bonds. The summed E-state index contributed by atoms with van der Waals surface area (Å²) in [6, 6.07) is 4.08. The quantitative estimate of drug-likeness (QED) is 0.772. The molecule has 17 heavy (non-hydrogen) atoms. The summed E-state index contributed by atoms with van der Waals surface area (Å²) in [5.41, 5.74) is 1.16. The number of pyridine rings is 1. The minimum absolute atomic E-state index is 0.0198. The van der Waals surface area contributed by atoms with E-state index in [9.17, 15) is 5.11 Å². The Morgan fingerprint density at radius 1 is 1.59 bits per heavy atom. The van der Waals surface area contributed by atoms with Crippen LogP contribution in [0.1, 0.15) is 5.56 Å². The number of nitrogens with one attached hydrogen (secondary N) is 1. The van der Waals surface area contributed by atoms with E-state index >= 15 is 0 Å². The van der Waals surface area contributed by atoms with E-state index in [2.05, 4.69) is 21.3 Å². The fraction of sp³-hybridized carbons (Fsp3) is 0.583. The van der Waals surface area contributed by atoms with Crippen molar-refractivity contribution in [3.8, 4) is 0 Å². The van der Waals surface area contributed by atoms with Gasteiger partial charge >= 0.3 is 0 Å². The molecule has 94 valence electrons. The van der Waals surface area contributed by atoms with Gasteiger partial charge in [0.05, 0.1) is 25.9 Å². The summed E-state index contributed by atoms with van der Waals surface area (Å²) in [7, 11) is 1.91. The van der Waals surface area contributed by atoms with Crippen LogP contribution in [-0.2, 0) is 11.3 Å². The molecule has 1 atom stereocenters. The second-order valence-corrected chi connectivity index (χ2v) is 4.16. The Morgan fingerprint density at radius 3 is 3.12 bits per heavy atom. The predicted molar refractivity (Wildman–Crippen MR) is 66.0 cm³/mol. The third kappa shape index (κ3) is 2.94. The molecule has 1 fully saturated rings. The number of aliphatic hydroxyl groups is 1. The Labute approximate surface area is 101 Å². The molecule has 0 aliphatic carbocycles. The molecule has 2 rings (SSSR count). The van der Waals surface area contributed by atoms with Gasteiger partial charge in [0.1, 0.15) is 5.82 Å². The zero-order valence-electron chi connectivity index (χ0n) is 10.1. The standard InChI is InChI=1S/C12H19N3O2/c1-13-6-10-2-3-12(14-7-10)15-4-5-17-9-11(15)8-16/h2-3,7,11,13,16H,4-6,8-9H2,1H3. The average molecular weight is 237 g/mol. The summed E-state index contributed by atoms with van der Waals surface area (Å²) in [6.07, 6.45) is 1.87. The first-order chi connectivity index (χ1) is 8.35. The van der Waals surface area contributed by atoms with Crippen LogP contribution >= 0.6 is 0 Å². The van der Waals surface area contributed by atoms with Crippen molar-refractivity contribution < 1.29 is 9.84 Å². The molecule has 2 heterocycles. The van der Waals surface area contributed by atoms with Crippen LogP contribution in [0.5, 0.6) is 0 Å². The summed E-state index contributed by atoms with van der Waals surface area (Å²) < 4.78 is 5.35. The van der Waals surface area contributed by atoms with Crippen molar-refractivity contribution in [2.75, 3.05) is 38.3 Å². The van der Waals surface area contributed by atoms with Gasteiger partial charge in [-0.05, 0) is 18.7 Å². The topological polar surface area (TPSA) is 57.6 Å². The second-order valence-electron chi connectivity index (χ2n) is 4.16. The monoisotopic (exact) mass is 237 g/mol. The highest BCUT2D eigenvalue weighted by Gasteiger charge is 2.23. The highest BCUT2D eigenvalue weighted by Crippen LogP contribution is 2.17. The summed E-state index contributed by atoms with van der Waals surface area (Å²) in [5.74, 6) is 0.909. The van der Waals surface area contributed by atoms with E-state index in [1.807, 2.05) is 19.3 Å². The van der Waals surface area contributed by atoms with E-state index in [1.54, 1.807) is 0 Å². The molecular formula is C12H19N3O2. The summed E-state index contributed by atoms with van der Waals surface area (Å²) in [5, 5.41) is 12.4. The third-order valence-electron chi connectivity index (χ3n) is 2.92. The number of aliphatic hydroxyl groups excluding tert-OH is 1. The minimum Gasteiger partial charge on any atom is -0.394 e. The zero-order chi connectivity index (χ0) is 12.1. The van der Waals surface area contributed by atoms with Crippen LogP contribution in [0.25, 0.3) is 0 Å². The molecule has 0 saturated carbocycles. The minimum atomic E-state index is 0.0198. The molecule has 5 heteroatoms. The van der Waals surface area contributed by atoms with Crippen molar-refractivity contribution in [3.63, 3.8) is 0 Å². The number of aromatic nitrogens is 1. The van der Waals surface area contributed by atoms with E-state index in [0.717, 1.165) is 24.5 Å². The Balaban J connectivity index is 2.09. The van der Waals surface area contributed by atoms with Crippen molar-refractivity contribution >= 4 is 5.82 Å². The van der Waals surface area contributed by atoms with Gasteiger partial charge in [-0.25, -0.2) is 4.98 Å². The molecule has 1 aliphatic rings. The van der Waals surface area contributed by atoms with E-state index in [-0.39, 0.29) is 12.6 Å². The van der Waals surface area contributed by atoms with Gasteiger partial charge in [-0.1, -0.05) is 6.07 Å². The van der Waals surface area contributed by atoms with Crippen LogP contribution in [0.4, 0.5) is 5.82 Å². The number of hydrogen-bond acceptors (Lipinski definition) is 5. The lowest BCUT2D eigenvalue weighted by Crippen LogP contribution is -2.48. The fourth-order valence-corrected chi connectivity index (χ4v) is 2.00. The van der Waals surface area contributed by atoms with Crippen LogP contribution in [0, 0.1) is 0 Å². The van der Waals surface area contributed by atoms with Crippen molar-refractivity contribution in [1.29, 1.82) is 0 Å². The Kier molecular flexibility index (Phi) is 4.30. The maximum Gasteiger partial charge on any atom is 0.128 e. The first-order valence-electron chi connectivity index (χ1n) is 5.90. The van der Waals surface area contributed by atoms with Gasteiger partial charge in [0, 0.05) is 19.3 Å². The highest BCUT2D eigenvalue weighted by molar-refractivity contribution is 5.41. The van der Waals surface area contributed by atoms with Gasteiger partial charge in [0.15, 0.2) is 0 Å². The molecule has 2 N–H and O–H groups in total. The van der Waals surface area contributed by atoms with Crippen LogP contribution in [0.15, 0.2) is 18.3 Å². The molecule has 1 aromatic heterocycles. The fourth-order valence-electron chi connectivity index (χ4n) is 2.00. The maximum atomic E-state index is 9.30. The molecule has 0 radical (unpaired) electrons. The molecule has 1 aliphatic heterocycles. The Bertz CT molecular complexity index is 342. The summed E-state index contributed by atoms with van der Waals surface area (Å²) >= 11 is 0. The van der Waals surface area contributed by atoms with E-state index in [0.29, 0.717) is 13.2 Å². The van der Waals surface area contributed by atoms with Gasteiger partial charge in [0.2, 0.25) is 0 Å². The van der Waals surface area contributed by atoms with Gasteiger partial charge in [-0.15, -0.1) is 0 Å². The smallest absolute Gasteiger partial charge is 0.128 e. The molecule has 0 bridgehead atoms. The van der Waals surface area contributed by atoms with Gasteiger partial charge in [-0.2, -0.15) is 0 Å². The predicted octanol–water partition coefficient (Wildman–Crippen LogP) is -0.00150. The SMILES string of the molecule is CNCc1ccc(N2CCOCC2CO)nc1. The van der Waals surface area contributed by atoms with Gasteiger partial charge in [0.25, 0.3) is 0 Å². The van der Waals surface area contributed by atoms with Gasteiger partial charge < -0.3 is 20.1 Å². The lowest BCUT2D eigenvalue weighted by atomic mass is 10.2. The maximum absolute atomic E-state index is 9.30. The number of hydrogen-bond donors (Lipinski definition) is 2. The molecule has 1 aromatic rings. The lowest BCUT2D eigenvalue weighted by molar-refractivity contribution is 0.0723. The largest absolute Gasteiger partial charge is 0.394 e. The van der Waals surface area contributed by atoms with Crippen LogP contribution in [-0.4, -0.2) is 49.5 Å². The van der Waals surface area contributed by atoms with Crippen LogP contribution in [0.3, 0.4) is 0 Å². The molecule has 0 aromatic carbocycles. The normalized spacial score (nSPS) is 20.6. The molecular weight excluding hydrogens is 218 g/mol. The molecule has 1 saturated heterocycles. The third-order valence-corrected chi connectivity index (χ3v) is 2.92. The first kappa shape index (κ1) is 12.3. The van der Waals surface area contributed by atoms with Crippen molar-refractivity contribution in [1.82, 2.24) is 10.3 Å². The van der Waals surface area contributed by atoms with E-state index in [1.165, 1.54) is 0 Å². The number of anilines is 1. The van der Waals surface area contributed by atoms with Crippen molar-refractivity contribution in [2.45, 2.75) is 12.6 Å². The lowest BCUT2D eigenvalue weighted by Gasteiger charge is -2.35. The molecule has 0 spiro atoms. The average Bonchev–Trinajstić information content (AvgIpc) is 2.40. The van der Waals surface area contributed by atoms with Crippen molar-refractivity contribution in [2.24, 2.45) is 0 Å². The number of nitrogens with zero attached hydrogens (tertiary/aromatic N) is 2. The van der Waals surface area contributed by atoms with Gasteiger partial charge in [-0.3, -0.25) is 0 Å². The van der Waals surface area contributed by atoms with Crippen LogP contribution in [0.2, 0.25) is 0 Å². The molecule has 5 nitrogen and oxygen atoms in total. The Hall–Kier alpha value is -1.17. The number of morpholine rings is 1. The van der Waals surface area contributed by atoms with Crippen LogP contribution < -0.4 is 10.2 Å².